The summed E-state index contributed by atoms with van der Waals surface area (Å²) in [4.78, 5) is 41.6. The van der Waals surface area contributed by atoms with Gasteiger partial charge in [-0.3, -0.25) is 9.78 Å². The average molecular weight is 446 g/mol. The first-order chi connectivity index (χ1) is 15.9. The molecule has 0 aliphatic rings. The Morgan fingerprint density at radius 1 is 1.03 bits per heavy atom. The molecular formula is C24H18N2O7. The summed E-state index contributed by atoms with van der Waals surface area (Å²) in [5.41, 5.74) is 0.0366. The predicted molar refractivity (Wildman–Crippen MR) is 119 cm³/mol. The maximum Gasteiger partial charge on any atom is 0.419 e. The van der Waals surface area contributed by atoms with Gasteiger partial charge in [0.25, 0.3) is 0 Å². The van der Waals surface area contributed by atoms with Crippen LogP contribution in [-0.4, -0.2) is 38.4 Å². The number of carbonyl (C=O) groups is 2. The summed E-state index contributed by atoms with van der Waals surface area (Å²) in [5.74, 6) is -1.11. The van der Waals surface area contributed by atoms with Crippen LogP contribution in [0.25, 0.3) is 22.2 Å². The molecule has 0 unspecified atom stereocenters. The molecule has 0 spiro atoms. The van der Waals surface area contributed by atoms with Crippen molar-refractivity contribution >= 4 is 23.0 Å². The Morgan fingerprint density at radius 3 is 2.42 bits per heavy atom. The Hall–Kier alpha value is -4.66. The highest BCUT2D eigenvalue weighted by atomic mass is 16.5. The van der Waals surface area contributed by atoms with Gasteiger partial charge in [0.15, 0.2) is 5.43 Å². The molecule has 2 aromatic heterocycles. The topological polar surface area (TPSA) is 128 Å². The molecule has 0 saturated heterocycles. The normalized spacial score (nSPS) is 10.7. The van der Waals surface area contributed by atoms with Gasteiger partial charge >= 0.3 is 12.1 Å². The van der Waals surface area contributed by atoms with Gasteiger partial charge in [0.05, 0.1) is 23.3 Å². The second-order valence-corrected chi connectivity index (χ2v) is 6.91. The molecule has 9 heteroatoms. The number of hydrogen-bond acceptors (Lipinski definition) is 8. The molecule has 0 amide bonds. The minimum Gasteiger partial charge on any atom is -0.507 e. The first-order valence-corrected chi connectivity index (χ1v) is 9.91. The summed E-state index contributed by atoms with van der Waals surface area (Å²) in [6.07, 6.45) is 2.08. The number of hydrogen-bond donors (Lipinski definition) is 2. The number of phenols is 2. The van der Waals surface area contributed by atoms with E-state index in [2.05, 4.69) is 4.98 Å². The largest absolute Gasteiger partial charge is 0.507 e. The van der Waals surface area contributed by atoms with E-state index in [1.807, 2.05) is 0 Å². The third-order valence-electron chi connectivity index (χ3n) is 4.82. The van der Waals surface area contributed by atoms with Crippen molar-refractivity contribution in [3.05, 3.63) is 82.8 Å². The van der Waals surface area contributed by atoms with E-state index in [0.717, 1.165) is 10.6 Å². The molecule has 4 aromatic rings. The number of benzene rings is 2. The number of aromatic nitrogens is 2. The quantitative estimate of drug-likeness (QED) is 0.276. The predicted octanol–water partition coefficient (Wildman–Crippen LogP) is 3.70. The van der Waals surface area contributed by atoms with Gasteiger partial charge in [-0.25, -0.2) is 14.2 Å². The van der Waals surface area contributed by atoms with E-state index in [1.165, 1.54) is 36.7 Å². The van der Waals surface area contributed by atoms with Crippen molar-refractivity contribution in [2.24, 2.45) is 0 Å². The summed E-state index contributed by atoms with van der Waals surface area (Å²) in [5, 5.41) is 20.3. The van der Waals surface area contributed by atoms with E-state index in [4.69, 9.17) is 9.47 Å². The Morgan fingerprint density at radius 2 is 1.76 bits per heavy atom. The van der Waals surface area contributed by atoms with Gasteiger partial charge in [-0.2, -0.15) is 0 Å². The van der Waals surface area contributed by atoms with Crippen LogP contribution in [0.5, 0.6) is 17.2 Å². The van der Waals surface area contributed by atoms with Crippen molar-refractivity contribution in [2.75, 3.05) is 6.61 Å². The smallest absolute Gasteiger partial charge is 0.419 e. The number of carbonyl (C=O) groups excluding carboxylic acids is 2. The van der Waals surface area contributed by atoms with Crippen molar-refractivity contribution < 1.29 is 29.3 Å². The molecule has 0 bridgehead atoms. The number of fused-ring (bicyclic) bond motifs is 1. The van der Waals surface area contributed by atoms with Crippen LogP contribution < -0.4 is 10.2 Å². The zero-order chi connectivity index (χ0) is 23.5. The zero-order valence-electron chi connectivity index (χ0n) is 17.4. The maximum atomic E-state index is 12.8. The molecule has 9 nitrogen and oxygen atoms in total. The molecule has 0 aliphatic heterocycles. The molecule has 0 fully saturated rings. The van der Waals surface area contributed by atoms with E-state index >= 15 is 0 Å². The second kappa shape index (κ2) is 8.83. The highest BCUT2D eigenvalue weighted by molar-refractivity contribution is 5.98. The van der Waals surface area contributed by atoms with E-state index < -0.39 is 17.5 Å². The molecule has 4 rings (SSSR count). The minimum absolute atomic E-state index is 0.0503. The molecule has 0 radical (unpaired) electrons. The van der Waals surface area contributed by atoms with Crippen LogP contribution in [0.4, 0.5) is 4.79 Å². The Labute approximate surface area is 187 Å². The molecule has 0 atom stereocenters. The van der Waals surface area contributed by atoms with Crippen molar-refractivity contribution in [2.45, 2.75) is 6.92 Å². The van der Waals surface area contributed by atoms with Crippen LogP contribution in [0.1, 0.15) is 17.3 Å². The summed E-state index contributed by atoms with van der Waals surface area (Å²) in [6.45, 7) is 1.67. The third kappa shape index (κ3) is 4.11. The Balaban J connectivity index is 1.80. The zero-order valence-corrected chi connectivity index (χ0v) is 17.4. The number of nitrogens with zero attached hydrogens (tertiary/aromatic N) is 2. The van der Waals surface area contributed by atoms with Gasteiger partial charge in [0, 0.05) is 18.5 Å². The highest BCUT2D eigenvalue weighted by Gasteiger charge is 2.22. The van der Waals surface area contributed by atoms with Gasteiger partial charge in [-0.05, 0) is 61.0 Å². The van der Waals surface area contributed by atoms with E-state index in [0.29, 0.717) is 5.56 Å². The van der Waals surface area contributed by atoms with Crippen LogP contribution in [-0.2, 0) is 4.74 Å². The lowest BCUT2D eigenvalue weighted by Crippen LogP contribution is -2.20. The monoisotopic (exact) mass is 446 g/mol. The number of pyridine rings is 2. The molecule has 2 heterocycles. The van der Waals surface area contributed by atoms with Crippen molar-refractivity contribution in [3.8, 4) is 28.5 Å². The second-order valence-electron chi connectivity index (χ2n) is 6.91. The van der Waals surface area contributed by atoms with E-state index in [-0.39, 0.29) is 46.0 Å². The van der Waals surface area contributed by atoms with Gasteiger partial charge < -0.3 is 19.7 Å². The van der Waals surface area contributed by atoms with Crippen LogP contribution in [0.15, 0.2) is 71.8 Å². The molecule has 2 aromatic carbocycles. The number of ether oxygens (including phenoxy) is 2. The average Bonchev–Trinajstić information content (AvgIpc) is 2.82. The van der Waals surface area contributed by atoms with Crippen molar-refractivity contribution in [3.63, 3.8) is 0 Å². The molecule has 166 valence electrons. The lowest BCUT2D eigenvalue weighted by molar-refractivity contribution is 0.0734. The summed E-state index contributed by atoms with van der Waals surface area (Å²) in [6, 6.07) is 12.8. The summed E-state index contributed by atoms with van der Waals surface area (Å²) >= 11 is 0. The van der Waals surface area contributed by atoms with E-state index in [9.17, 15) is 24.6 Å². The summed E-state index contributed by atoms with van der Waals surface area (Å²) in [7, 11) is 0. The number of esters is 1. The first kappa shape index (κ1) is 21.6. The molecule has 2 N–H and O–H groups in total. The Kier molecular flexibility index (Phi) is 5.77. The molecule has 33 heavy (non-hydrogen) atoms. The van der Waals surface area contributed by atoms with Crippen LogP contribution >= 0.6 is 0 Å². The Bertz CT molecular complexity index is 1410. The van der Waals surface area contributed by atoms with Gasteiger partial charge in [0.2, 0.25) is 0 Å². The lowest BCUT2D eigenvalue weighted by Gasteiger charge is -2.17. The molecule has 0 aliphatic carbocycles. The third-order valence-corrected chi connectivity index (χ3v) is 4.82. The van der Waals surface area contributed by atoms with Crippen molar-refractivity contribution in [1.29, 1.82) is 0 Å². The van der Waals surface area contributed by atoms with E-state index in [1.54, 1.807) is 31.2 Å². The van der Waals surface area contributed by atoms with Gasteiger partial charge in [-0.15, -0.1) is 0 Å². The fourth-order valence-electron chi connectivity index (χ4n) is 3.35. The lowest BCUT2D eigenvalue weighted by atomic mass is 10.1. The maximum absolute atomic E-state index is 12.8. The summed E-state index contributed by atoms with van der Waals surface area (Å²) < 4.78 is 11.5. The standard InChI is InChI=1S/C24H18N2O7/c1-2-32-24(31)26-17(12-20(29)21-18(27)9-10-19(28)22(21)26)14-5-7-16(8-6-14)33-23(30)15-4-3-11-25-13-15/h3-13,27-28H,2H2,1H3. The SMILES string of the molecule is CCOC(=O)n1c(-c2ccc(OC(=O)c3cccnc3)cc2)cc(=O)c2c(O)ccc(O)c21. The minimum atomic E-state index is -0.842. The van der Waals surface area contributed by atoms with Crippen LogP contribution in [0, 0.1) is 0 Å². The van der Waals surface area contributed by atoms with Crippen LogP contribution in [0.3, 0.4) is 0 Å². The fraction of sp³-hybridized carbons (Fsp3) is 0.0833. The fourth-order valence-corrected chi connectivity index (χ4v) is 3.35. The molecular weight excluding hydrogens is 428 g/mol. The number of aromatic hydroxyl groups is 2. The number of phenolic OH excluding ortho intramolecular Hbond substituents is 2. The first-order valence-electron chi connectivity index (χ1n) is 9.91. The number of rotatable bonds is 4. The van der Waals surface area contributed by atoms with Crippen molar-refractivity contribution in [1.82, 2.24) is 9.55 Å². The van der Waals surface area contributed by atoms with Gasteiger partial charge in [0.1, 0.15) is 22.8 Å². The highest BCUT2D eigenvalue weighted by Crippen LogP contribution is 2.33. The van der Waals surface area contributed by atoms with Gasteiger partial charge in [-0.1, -0.05) is 0 Å². The molecule has 0 saturated carbocycles. The van der Waals surface area contributed by atoms with Crippen LogP contribution in [0.2, 0.25) is 0 Å².